The first-order valence-corrected chi connectivity index (χ1v) is 17.5. The Hall–Kier alpha value is -2.31. The van der Waals surface area contributed by atoms with Gasteiger partial charge in [0.15, 0.2) is 22.5 Å². The van der Waals surface area contributed by atoms with Gasteiger partial charge in [0.05, 0.1) is 17.0 Å². The van der Waals surface area contributed by atoms with Gasteiger partial charge >= 0.3 is 0 Å². The summed E-state index contributed by atoms with van der Waals surface area (Å²) in [4.78, 5) is 4.37. The van der Waals surface area contributed by atoms with Crippen LogP contribution in [0.5, 0.6) is 11.5 Å². The lowest BCUT2D eigenvalue weighted by Crippen LogP contribution is -2.40. The first kappa shape index (κ1) is 29.7. The lowest BCUT2D eigenvalue weighted by atomic mass is 9.87. The molecule has 1 aromatic carbocycles. The lowest BCUT2D eigenvalue weighted by Gasteiger charge is -2.27. The molecular weight excluding hydrogens is 562 g/mol. The van der Waals surface area contributed by atoms with Crippen molar-refractivity contribution in [1.82, 2.24) is 14.9 Å². The molecule has 0 bridgehead atoms. The van der Waals surface area contributed by atoms with Crippen molar-refractivity contribution >= 4 is 53.7 Å². The Morgan fingerprint density at radius 3 is 2.56 bits per heavy atom. The highest BCUT2D eigenvalue weighted by Crippen LogP contribution is 2.38. The van der Waals surface area contributed by atoms with Crippen molar-refractivity contribution in [2.45, 2.75) is 58.1 Å². The zero-order valence-corrected chi connectivity index (χ0v) is 25.0. The number of aromatic nitrogens is 2. The van der Waals surface area contributed by atoms with Crippen molar-refractivity contribution in [2.75, 3.05) is 25.1 Å². The van der Waals surface area contributed by atoms with Gasteiger partial charge in [0.25, 0.3) is 0 Å². The van der Waals surface area contributed by atoms with Crippen LogP contribution in [0.25, 0.3) is 11.0 Å². The fourth-order valence-corrected chi connectivity index (χ4v) is 5.90. The number of aliphatic hydroxyl groups excluding tert-OH is 1. The van der Waals surface area contributed by atoms with Crippen LogP contribution in [-0.2, 0) is 11.5 Å². The molecule has 0 aliphatic heterocycles. The summed E-state index contributed by atoms with van der Waals surface area (Å²) in [7, 11) is -1.23. The van der Waals surface area contributed by atoms with Crippen molar-refractivity contribution < 1.29 is 23.4 Å². The van der Waals surface area contributed by atoms with Crippen LogP contribution in [0.3, 0.4) is 0 Å². The number of thiocarbonyl (C=S) groups is 1. The van der Waals surface area contributed by atoms with E-state index in [9.17, 15) is 5.11 Å². The van der Waals surface area contributed by atoms with Gasteiger partial charge in [-0.2, -0.15) is 0 Å². The first-order chi connectivity index (χ1) is 18.5. The number of hydrogen-bond donors (Lipinski definition) is 3. The molecule has 0 amide bonds. The SMILES string of the molecule is C[Si](C)(C)CCOCn1cc(Cl)c2c(Oc3c(F)cc(NC(=S)NCC4(CO)CCCC4)cc3F)ccnc21. The molecule has 1 aliphatic carbocycles. The number of pyridine rings is 1. The van der Waals surface area contributed by atoms with E-state index in [1.807, 2.05) is 0 Å². The highest BCUT2D eigenvalue weighted by atomic mass is 35.5. The van der Waals surface area contributed by atoms with Gasteiger partial charge < -0.3 is 29.8 Å². The summed E-state index contributed by atoms with van der Waals surface area (Å²) in [6.45, 7) is 8.27. The zero-order chi connectivity index (χ0) is 28.2. The largest absolute Gasteiger partial charge is 0.450 e. The maximum Gasteiger partial charge on any atom is 0.198 e. The highest BCUT2D eigenvalue weighted by molar-refractivity contribution is 7.80. The average molecular weight is 597 g/mol. The molecule has 212 valence electrons. The van der Waals surface area contributed by atoms with E-state index in [-0.39, 0.29) is 35.3 Å². The van der Waals surface area contributed by atoms with Crippen molar-refractivity contribution in [2.24, 2.45) is 5.41 Å². The van der Waals surface area contributed by atoms with Crippen molar-refractivity contribution in [1.29, 1.82) is 0 Å². The van der Waals surface area contributed by atoms with Crippen LogP contribution in [0.1, 0.15) is 25.7 Å². The Balaban J connectivity index is 1.45. The molecule has 2 heterocycles. The predicted molar refractivity (Wildman–Crippen MR) is 157 cm³/mol. The number of benzene rings is 1. The summed E-state index contributed by atoms with van der Waals surface area (Å²) in [5.74, 6) is -2.20. The number of hydrogen-bond acceptors (Lipinski definition) is 5. The van der Waals surface area contributed by atoms with Gasteiger partial charge in [0, 0.05) is 56.9 Å². The van der Waals surface area contributed by atoms with Crippen LogP contribution in [0.2, 0.25) is 30.7 Å². The molecule has 0 saturated heterocycles. The fourth-order valence-electron chi connectivity index (χ4n) is 4.66. The van der Waals surface area contributed by atoms with Crippen LogP contribution < -0.4 is 15.4 Å². The van der Waals surface area contributed by atoms with E-state index in [1.165, 1.54) is 12.3 Å². The summed E-state index contributed by atoms with van der Waals surface area (Å²) in [6, 6.07) is 4.76. The highest BCUT2D eigenvalue weighted by Gasteiger charge is 2.33. The van der Waals surface area contributed by atoms with E-state index in [0.717, 1.165) is 43.9 Å². The van der Waals surface area contributed by atoms with Crippen LogP contribution in [0.15, 0.2) is 30.6 Å². The van der Waals surface area contributed by atoms with Gasteiger partial charge in [-0.15, -0.1) is 0 Å². The molecule has 39 heavy (non-hydrogen) atoms. The minimum atomic E-state index is -1.23. The number of ether oxygens (including phenoxy) is 2. The number of nitrogens with one attached hydrogen (secondary N) is 2. The van der Waals surface area contributed by atoms with Gasteiger partial charge in [-0.3, -0.25) is 0 Å². The molecule has 12 heteroatoms. The van der Waals surface area contributed by atoms with Gasteiger partial charge in [-0.05, 0) is 37.2 Å². The van der Waals surface area contributed by atoms with Crippen molar-refractivity contribution in [3.8, 4) is 11.5 Å². The summed E-state index contributed by atoms with van der Waals surface area (Å²) in [5.41, 5.74) is 0.415. The second-order valence-corrected chi connectivity index (χ2v) is 17.8. The maximum absolute atomic E-state index is 15.0. The first-order valence-electron chi connectivity index (χ1n) is 13.0. The number of halogens is 3. The zero-order valence-electron chi connectivity index (χ0n) is 22.5. The Labute approximate surface area is 238 Å². The number of fused-ring (bicyclic) bond motifs is 1. The van der Waals surface area contributed by atoms with E-state index in [2.05, 4.69) is 35.3 Å². The number of anilines is 1. The van der Waals surface area contributed by atoms with Crippen LogP contribution in [-0.4, -0.2) is 47.6 Å². The molecule has 1 aliphatic rings. The third-order valence-corrected chi connectivity index (χ3v) is 9.23. The Kier molecular flexibility index (Phi) is 9.48. The Bertz CT molecular complexity index is 1310. The van der Waals surface area contributed by atoms with Gasteiger partial charge in [0.1, 0.15) is 18.1 Å². The van der Waals surface area contributed by atoms with E-state index < -0.39 is 25.5 Å². The van der Waals surface area contributed by atoms with E-state index in [4.69, 9.17) is 33.3 Å². The molecule has 2 aromatic heterocycles. The summed E-state index contributed by atoms with van der Waals surface area (Å²) in [6.07, 6.45) is 7.11. The molecular formula is C27H35ClF2N4O3SSi. The molecule has 1 saturated carbocycles. The second kappa shape index (κ2) is 12.5. The summed E-state index contributed by atoms with van der Waals surface area (Å²) < 4.78 is 43.3. The van der Waals surface area contributed by atoms with E-state index in [0.29, 0.717) is 29.2 Å². The number of nitrogens with zero attached hydrogens (tertiary/aromatic N) is 2. The van der Waals surface area contributed by atoms with Crippen molar-refractivity contribution in [3.63, 3.8) is 0 Å². The molecule has 4 rings (SSSR count). The van der Waals surface area contributed by atoms with Gasteiger partial charge in [0.2, 0.25) is 0 Å². The van der Waals surface area contributed by atoms with Crippen LogP contribution in [0, 0.1) is 17.0 Å². The third-order valence-electron chi connectivity index (χ3n) is 6.99. The minimum Gasteiger partial charge on any atom is -0.450 e. The Morgan fingerprint density at radius 2 is 1.92 bits per heavy atom. The van der Waals surface area contributed by atoms with E-state index >= 15 is 8.78 Å². The number of aliphatic hydroxyl groups is 1. The molecule has 0 spiro atoms. The summed E-state index contributed by atoms with van der Waals surface area (Å²) in [5, 5.41) is 16.6. The quantitative estimate of drug-likeness (QED) is 0.126. The molecule has 3 N–H and O–H groups in total. The standard InChI is InChI=1S/C27H35ClF2N4O3SSi/c1-39(2,3)11-10-36-17-34-14-19(28)23-22(6-9-31-25(23)34)37-24-20(29)12-18(13-21(24)30)33-26(38)32-15-27(16-35)7-4-5-8-27/h6,9,12-14,35H,4-5,7-8,10-11,15-17H2,1-3H3,(H2,32,33,38). The normalized spacial score (nSPS) is 15.1. The molecule has 0 radical (unpaired) electrons. The molecule has 7 nitrogen and oxygen atoms in total. The topological polar surface area (TPSA) is 80.6 Å². The molecule has 0 unspecified atom stereocenters. The Morgan fingerprint density at radius 1 is 1.23 bits per heavy atom. The average Bonchev–Trinajstić information content (AvgIpc) is 3.48. The predicted octanol–water partition coefficient (Wildman–Crippen LogP) is 6.91. The van der Waals surface area contributed by atoms with Crippen LogP contribution >= 0.6 is 23.8 Å². The molecule has 1 fully saturated rings. The third kappa shape index (κ3) is 7.46. The van der Waals surface area contributed by atoms with Crippen molar-refractivity contribution in [3.05, 3.63) is 47.2 Å². The second-order valence-electron chi connectivity index (χ2n) is 11.3. The molecule has 0 atom stereocenters. The van der Waals surface area contributed by atoms with Gasteiger partial charge in [-0.25, -0.2) is 13.8 Å². The van der Waals surface area contributed by atoms with Gasteiger partial charge in [-0.1, -0.05) is 44.1 Å². The smallest absolute Gasteiger partial charge is 0.198 e. The van der Waals surface area contributed by atoms with Crippen LogP contribution in [0.4, 0.5) is 14.5 Å². The maximum atomic E-state index is 15.0. The van der Waals surface area contributed by atoms with E-state index in [1.54, 1.807) is 10.8 Å². The fraction of sp³-hybridized carbons (Fsp3) is 0.481. The monoisotopic (exact) mass is 596 g/mol. The lowest BCUT2D eigenvalue weighted by molar-refractivity contribution is 0.0899. The molecule has 3 aromatic rings. The minimum absolute atomic E-state index is 0.0687. The summed E-state index contributed by atoms with van der Waals surface area (Å²) >= 11 is 11.8. The number of rotatable bonds is 11.